The Morgan fingerprint density at radius 3 is 1.16 bits per heavy atom. The number of carbonyl (C=O) groups is 3. The van der Waals surface area contributed by atoms with Crippen LogP contribution >= 0.6 is 0 Å². The van der Waals surface area contributed by atoms with Crippen LogP contribution in [-0.2, 0) is 28.6 Å². The first kappa shape index (κ1) is 43.4. The van der Waals surface area contributed by atoms with Gasteiger partial charge in [-0.1, -0.05) is 163 Å². The molecule has 0 aromatic carbocycles. The number of unbranched alkanes of at least 4 members (excludes halogenated alkanes) is 10. The van der Waals surface area contributed by atoms with Crippen LogP contribution in [0, 0.1) is 11.8 Å². The Bertz CT molecular complexity index is 693. The van der Waals surface area contributed by atoms with Crippen LogP contribution in [0.2, 0.25) is 0 Å². The molecule has 0 aliphatic heterocycles. The minimum Gasteiger partial charge on any atom is -0.462 e. The maximum absolute atomic E-state index is 12.7. The first-order chi connectivity index (χ1) is 21.9. The van der Waals surface area contributed by atoms with E-state index in [1.807, 2.05) is 0 Å². The van der Waals surface area contributed by atoms with E-state index >= 15 is 0 Å². The topological polar surface area (TPSA) is 78.9 Å². The first-order valence-electron chi connectivity index (χ1n) is 19.4. The van der Waals surface area contributed by atoms with Crippen molar-refractivity contribution in [1.29, 1.82) is 0 Å². The van der Waals surface area contributed by atoms with Crippen LogP contribution in [-0.4, -0.2) is 37.2 Å². The van der Waals surface area contributed by atoms with Crippen LogP contribution in [0.25, 0.3) is 0 Å². The van der Waals surface area contributed by atoms with Crippen molar-refractivity contribution in [2.45, 2.75) is 208 Å². The third kappa shape index (κ3) is 28.4. The predicted molar refractivity (Wildman–Crippen MR) is 187 cm³/mol. The van der Waals surface area contributed by atoms with Crippen molar-refractivity contribution in [3.05, 3.63) is 0 Å². The average molecular weight is 639 g/mol. The van der Waals surface area contributed by atoms with Gasteiger partial charge in [-0.05, 0) is 31.1 Å². The van der Waals surface area contributed by atoms with Gasteiger partial charge in [-0.3, -0.25) is 14.4 Å². The van der Waals surface area contributed by atoms with Gasteiger partial charge >= 0.3 is 17.9 Å². The average Bonchev–Trinajstić information content (AvgIpc) is 3.02. The summed E-state index contributed by atoms with van der Waals surface area (Å²) in [4.78, 5) is 37.4. The molecular weight excluding hydrogens is 564 g/mol. The predicted octanol–water partition coefficient (Wildman–Crippen LogP) is 11.5. The fourth-order valence-corrected chi connectivity index (χ4v) is 6.20. The number of carbonyl (C=O) groups excluding carboxylic acids is 3. The highest BCUT2D eigenvalue weighted by Crippen LogP contribution is 2.24. The van der Waals surface area contributed by atoms with E-state index in [2.05, 4.69) is 34.6 Å². The summed E-state index contributed by atoms with van der Waals surface area (Å²) in [5.74, 6) is 0.607. The number of hydrogen-bond acceptors (Lipinski definition) is 6. The Balaban J connectivity index is 4.64. The van der Waals surface area contributed by atoms with Crippen molar-refractivity contribution >= 4 is 17.9 Å². The lowest BCUT2D eigenvalue weighted by atomic mass is 9.91. The third-order valence-corrected chi connectivity index (χ3v) is 8.96. The lowest BCUT2D eigenvalue weighted by Gasteiger charge is -2.19. The van der Waals surface area contributed by atoms with Crippen molar-refractivity contribution in [3.63, 3.8) is 0 Å². The van der Waals surface area contributed by atoms with E-state index in [-0.39, 0.29) is 31.1 Å². The van der Waals surface area contributed by atoms with E-state index in [1.165, 1.54) is 96.3 Å². The molecule has 6 nitrogen and oxygen atoms in total. The summed E-state index contributed by atoms with van der Waals surface area (Å²) in [5, 5.41) is 0. The second kappa shape index (κ2) is 32.4. The largest absolute Gasteiger partial charge is 0.462 e. The van der Waals surface area contributed by atoms with Crippen molar-refractivity contribution in [1.82, 2.24) is 0 Å². The monoisotopic (exact) mass is 639 g/mol. The molecule has 0 saturated heterocycles. The summed E-state index contributed by atoms with van der Waals surface area (Å²) >= 11 is 0. The summed E-state index contributed by atoms with van der Waals surface area (Å²) in [6.45, 7) is 10.9. The zero-order valence-corrected chi connectivity index (χ0v) is 30.5. The van der Waals surface area contributed by atoms with E-state index in [0.29, 0.717) is 19.3 Å². The highest BCUT2D eigenvalue weighted by Gasteiger charge is 2.20. The number of ether oxygens (including phenoxy) is 3. The van der Waals surface area contributed by atoms with Gasteiger partial charge in [0.05, 0.1) is 0 Å². The van der Waals surface area contributed by atoms with Crippen LogP contribution in [0.15, 0.2) is 0 Å². The first-order valence-corrected chi connectivity index (χ1v) is 19.4. The molecule has 0 rings (SSSR count). The molecule has 0 aliphatic carbocycles. The Kier molecular flexibility index (Phi) is 31.2. The van der Waals surface area contributed by atoms with Gasteiger partial charge in [-0.2, -0.15) is 0 Å². The summed E-state index contributed by atoms with van der Waals surface area (Å²) in [6.07, 6.45) is 26.9. The normalized spacial score (nSPS) is 13.3. The van der Waals surface area contributed by atoms with Crippen molar-refractivity contribution in [2.24, 2.45) is 11.8 Å². The zero-order valence-electron chi connectivity index (χ0n) is 30.5. The number of esters is 3. The molecule has 0 radical (unpaired) electrons. The van der Waals surface area contributed by atoms with Crippen LogP contribution in [0.3, 0.4) is 0 Å². The Morgan fingerprint density at radius 2 is 0.756 bits per heavy atom. The molecule has 0 aliphatic rings. The molecule has 6 heteroatoms. The van der Waals surface area contributed by atoms with E-state index in [0.717, 1.165) is 63.2 Å². The molecular formula is C39H74O6. The van der Waals surface area contributed by atoms with Gasteiger partial charge in [0, 0.05) is 19.3 Å². The maximum Gasteiger partial charge on any atom is 0.306 e. The Labute approximate surface area is 278 Å². The highest BCUT2D eigenvalue weighted by molar-refractivity contribution is 5.71. The molecule has 3 atom stereocenters. The second-order valence-corrected chi connectivity index (χ2v) is 13.4. The minimum absolute atomic E-state index is 0.0704. The standard InChI is InChI=1S/C39H74O6/c1-6-11-14-17-25-34(23-9-4)27-19-21-30-38(41)44-33-36(32-43-37(40)29-16-13-8-3)45-39(42)31-22-20-28-35(24-10-5)26-18-15-12-7-2/h34-36H,6-33H2,1-5H3. The minimum atomic E-state index is -0.764. The summed E-state index contributed by atoms with van der Waals surface area (Å²) in [5.41, 5.74) is 0. The van der Waals surface area contributed by atoms with E-state index in [1.54, 1.807) is 0 Å². The van der Waals surface area contributed by atoms with Gasteiger partial charge in [0.1, 0.15) is 13.2 Å². The van der Waals surface area contributed by atoms with Gasteiger partial charge in [-0.25, -0.2) is 0 Å². The molecule has 0 spiro atoms. The lowest BCUT2D eigenvalue weighted by molar-refractivity contribution is -0.167. The molecule has 0 N–H and O–H groups in total. The quantitative estimate of drug-likeness (QED) is 0.0404. The molecule has 3 unspecified atom stereocenters. The van der Waals surface area contributed by atoms with Crippen molar-refractivity contribution in [2.75, 3.05) is 13.2 Å². The third-order valence-electron chi connectivity index (χ3n) is 8.96. The molecule has 0 aromatic heterocycles. The van der Waals surface area contributed by atoms with E-state index in [9.17, 15) is 14.4 Å². The van der Waals surface area contributed by atoms with Gasteiger partial charge in [0.2, 0.25) is 0 Å². The van der Waals surface area contributed by atoms with Crippen molar-refractivity contribution < 1.29 is 28.6 Å². The summed E-state index contributed by atoms with van der Waals surface area (Å²) < 4.78 is 16.6. The molecule has 0 heterocycles. The van der Waals surface area contributed by atoms with E-state index < -0.39 is 6.10 Å². The zero-order chi connectivity index (χ0) is 33.4. The van der Waals surface area contributed by atoms with Crippen LogP contribution < -0.4 is 0 Å². The smallest absolute Gasteiger partial charge is 0.306 e. The van der Waals surface area contributed by atoms with Crippen LogP contribution in [0.4, 0.5) is 0 Å². The van der Waals surface area contributed by atoms with Gasteiger partial charge in [0.15, 0.2) is 6.10 Å². The molecule has 0 bridgehead atoms. The van der Waals surface area contributed by atoms with Gasteiger partial charge in [-0.15, -0.1) is 0 Å². The molecule has 0 saturated carbocycles. The van der Waals surface area contributed by atoms with Crippen LogP contribution in [0.1, 0.15) is 202 Å². The molecule has 0 amide bonds. The fourth-order valence-electron chi connectivity index (χ4n) is 6.20. The fraction of sp³-hybridized carbons (Fsp3) is 0.923. The maximum atomic E-state index is 12.7. The van der Waals surface area contributed by atoms with Gasteiger partial charge in [0.25, 0.3) is 0 Å². The van der Waals surface area contributed by atoms with Crippen molar-refractivity contribution in [3.8, 4) is 0 Å². The SMILES string of the molecule is CCCCCCC(CCC)CCCCC(=O)OCC(COC(=O)CCCCC)OC(=O)CCCCC(CCC)CCCCCC. The lowest BCUT2D eigenvalue weighted by Crippen LogP contribution is -2.30. The molecule has 0 aromatic rings. The molecule has 266 valence electrons. The number of rotatable bonds is 33. The Hall–Kier alpha value is -1.59. The highest BCUT2D eigenvalue weighted by atomic mass is 16.6. The summed E-state index contributed by atoms with van der Waals surface area (Å²) in [7, 11) is 0. The van der Waals surface area contributed by atoms with Crippen LogP contribution in [0.5, 0.6) is 0 Å². The molecule has 45 heavy (non-hydrogen) atoms. The second-order valence-electron chi connectivity index (χ2n) is 13.4. The molecule has 0 fully saturated rings. The van der Waals surface area contributed by atoms with E-state index in [4.69, 9.17) is 14.2 Å². The number of hydrogen-bond donors (Lipinski definition) is 0. The Morgan fingerprint density at radius 1 is 0.400 bits per heavy atom. The van der Waals surface area contributed by atoms with Gasteiger partial charge < -0.3 is 14.2 Å². The summed E-state index contributed by atoms with van der Waals surface area (Å²) in [6, 6.07) is 0.